The molecule has 0 bridgehead atoms. The lowest BCUT2D eigenvalue weighted by atomic mass is 9.87. The van der Waals surface area contributed by atoms with Gasteiger partial charge in [0.1, 0.15) is 4.99 Å². The Morgan fingerprint density at radius 3 is 2.19 bits per heavy atom. The second-order valence-electron chi connectivity index (χ2n) is 7.16. The number of nitrogens with zero attached hydrogens (tertiary/aromatic N) is 2. The Hall–Kier alpha value is -1.31. The zero-order valence-electron chi connectivity index (χ0n) is 15.6. The van der Waals surface area contributed by atoms with Crippen LogP contribution in [0.5, 0.6) is 0 Å². The number of hydrogen-bond acceptors (Lipinski definition) is 5. The Labute approximate surface area is 168 Å². The maximum Gasteiger partial charge on any atom is 0.332 e. The summed E-state index contributed by atoms with van der Waals surface area (Å²) in [5.74, 6) is -0.286. The second-order valence-corrected chi connectivity index (χ2v) is 9.91. The van der Waals surface area contributed by atoms with E-state index in [9.17, 15) is 9.59 Å². The van der Waals surface area contributed by atoms with Gasteiger partial charge in [-0.2, -0.15) is 0 Å². The van der Waals surface area contributed by atoms with Crippen LogP contribution in [0.25, 0.3) is 0 Å². The van der Waals surface area contributed by atoms with E-state index in [1.807, 2.05) is 6.92 Å². The highest BCUT2D eigenvalue weighted by Gasteiger charge is 2.41. The highest BCUT2D eigenvalue weighted by molar-refractivity contribution is 8.24. The molecule has 0 radical (unpaired) electrons. The van der Waals surface area contributed by atoms with E-state index >= 15 is 0 Å². The first-order valence-electron chi connectivity index (χ1n) is 8.61. The van der Waals surface area contributed by atoms with Crippen molar-refractivity contribution in [2.45, 2.75) is 49.8 Å². The van der Waals surface area contributed by atoms with Crippen molar-refractivity contribution in [1.29, 1.82) is 0 Å². The third-order valence-electron chi connectivity index (χ3n) is 4.43. The topological polar surface area (TPSA) is 40.6 Å². The smallest absolute Gasteiger partial charge is 0.284 e. The number of benzene rings is 1. The van der Waals surface area contributed by atoms with Gasteiger partial charge in [-0.25, -0.2) is 4.79 Å². The fourth-order valence-electron chi connectivity index (χ4n) is 2.87. The molecule has 0 aromatic heterocycles. The van der Waals surface area contributed by atoms with Crippen molar-refractivity contribution in [2.75, 3.05) is 13.1 Å². The third-order valence-corrected chi connectivity index (χ3v) is 7.40. The van der Waals surface area contributed by atoms with Crippen LogP contribution in [0.2, 0.25) is 0 Å². The van der Waals surface area contributed by atoms with E-state index in [0.717, 1.165) is 14.0 Å². The molecular formula is C19H22N2O2S3. The number of urea groups is 1. The summed E-state index contributed by atoms with van der Waals surface area (Å²) in [6.45, 7) is 11.0. The monoisotopic (exact) mass is 406 g/mol. The van der Waals surface area contributed by atoms with Crippen molar-refractivity contribution in [2.24, 2.45) is 0 Å². The fraction of sp³-hybridized carbons (Fsp3) is 0.421. The molecule has 4 nitrogen and oxygen atoms in total. The summed E-state index contributed by atoms with van der Waals surface area (Å²) in [6.07, 6.45) is 0. The van der Waals surface area contributed by atoms with Crippen LogP contribution < -0.4 is 0 Å². The van der Waals surface area contributed by atoms with Gasteiger partial charge in [-0.1, -0.05) is 62.6 Å². The SMILES string of the molecule is CCN1C(=O)/C(=C2/Sc3ccc(C(C)(C)C)cc3S2)C(=S)N(CC)C1=O. The van der Waals surface area contributed by atoms with Crippen molar-refractivity contribution in [3.63, 3.8) is 0 Å². The van der Waals surface area contributed by atoms with Gasteiger partial charge in [0.15, 0.2) is 0 Å². The van der Waals surface area contributed by atoms with Gasteiger partial charge in [-0.15, -0.1) is 0 Å². The number of imide groups is 1. The van der Waals surface area contributed by atoms with Gasteiger partial charge in [-0.3, -0.25) is 14.6 Å². The number of fused-ring (bicyclic) bond motifs is 1. The molecule has 0 spiro atoms. The van der Waals surface area contributed by atoms with E-state index in [2.05, 4.69) is 39.0 Å². The quantitative estimate of drug-likeness (QED) is 0.509. The summed E-state index contributed by atoms with van der Waals surface area (Å²) in [5.41, 5.74) is 1.80. The molecule has 0 aliphatic carbocycles. The summed E-state index contributed by atoms with van der Waals surface area (Å²) >= 11 is 8.65. The number of carbonyl (C=O) groups excluding carboxylic acids is 2. The molecule has 0 unspecified atom stereocenters. The molecule has 7 heteroatoms. The number of carbonyl (C=O) groups is 2. The molecule has 138 valence electrons. The molecule has 1 fully saturated rings. The van der Waals surface area contributed by atoms with Crippen molar-refractivity contribution in [3.8, 4) is 0 Å². The molecule has 2 aliphatic heterocycles. The molecule has 0 saturated carbocycles. The molecule has 2 aliphatic rings. The zero-order chi connectivity index (χ0) is 19.2. The maximum atomic E-state index is 12.9. The van der Waals surface area contributed by atoms with E-state index in [4.69, 9.17) is 12.2 Å². The minimum Gasteiger partial charge on any atom is -0.284 e. The molecule has 1 saturated heterocycles. The van der Waals surface area contributed by atoms with Crippen LogP contribution in [0.1, 0.15) is 40.2 Å². The van der Waals surface area contributed by atoms with Gasteiger partial charge in [0, 0.05) is 22.9 Å². The first-order valence-corrected chi connectivity index (χ1v) is 10.6. The Morgan fingerprint density at radius 2 is 1.62 bits per heavy atom. The Morgan fingerprint density at radius 1 is 1.00 bits per heavy atom. The predicted molar refractivity (Wildman–Crippen MR) is 112 cm³/mol. The average molecular weight is 407 g/mol. The van der Waals surface area contributed by atoms with Crippen LogP contribution in [0.3, 0.4) is 0 Å². The van der Waals surface area contributed by atoms with Gasteiger partial charge in [0.05, 0.1) is 9.81 Å². The van der Waals surface area contributed by atoms with Crippen molar-refractivity contribution in [1.82, 2.24) is 9.80 Å². The summed E-state index contributed by atoms with van der Waals surface area (Å²) in [6, 6.07) is 6.12. The summed E-state index contributed by atoms with van der Waals surface area (Å²) < 4.78 is 0.866. The van der Waals surface area contributed by atoms with Crippen LogP contribution in [-0.2, 0) is 10.2 Å². The standard InChI is InChI=1S/C19H22N2O2S3/c1-6-20-15(22)14(16(24)21(7-2)18(20)23)17-25-12-9-8-11(19(3,4)5)10-13(12)26-17/h8-10H,6-7H2,1-5H3/b17-14+. The highest BCUT2D eigenvalue weighted by Crippen LogP contribution is 2.53. The largest absolute Gasteiger partial charge is 0.332 e. The highest BCUT2D eigenvalue weighted by atomic mass is 32.2. The first kappa shape index (κ1) is 19.5. The van der Waals surface area contributed by atoms with Crippen LogP contribution in [0.4, 0.5) is 4.79 Å². The molecule has 0 N–H and O–H groups in total. The minimum absolute atomic E-state index is 0.0660. The molecule has 2 heterocycles. The third kappa shape index (κ3) is 3.21. The number of thioether (sulfide) groups is 2. The number of hydrogen-bond donors (Lipinski definition) is 0. The van der Waals surface area contributed by atoms with E-state index in [1.165, 1.54) is 15.4 Å². The average Bonchev–Trinajstić information content (AvgIpc) is 2.97. The lowest BCUT2D eigenvalue weighted by Crippen LogP contribution is -2.55. The molecular weight excluding hydrogens is 384 g/mol. The van der Waals surface area contributed by atoms with E-state index in [0.29, 0.717) is 23.7 Å². The predicted octanol–water partition coefficient (Wildman–Crippen LogP) is 5.02. The van der Waals surface area contributed by atoms with Crippen molar-refractivity contribution < 1.29 is 9.59 Å². The first-order chi connectivity index (χ1) is 12.2. The molecule has 1 aromatic rings. The zero-order valence-corrected chi connectivity index (χ0v) is 18.0. The molecule has 0 atom stereocenters. The lowest BCUT2D eigenvalue weighted by Gasteiger charge is -2.35. The van der Waals surface area contributed by atoms with E-state index in [-0.39, 0.29) is 17.4 Å². The minimum atomic E-state index is -0.324. The molecule has 1 aromatic carbocycles. The normalized spacial score (nSPS) is 20.9. The number of rotatable bonds is 2. The number of likely N-dealkylation sites (N-methyl/N-ethyl adjacent to an activating group) is 2. The number of thiocarbonyl (C=S) groups is 1. The Balaban J connectivity index is 2.03. The number of amides is 3. The second kappa shape index (κ2) is 7.02. The summed E-state index contributed by atoms with van der Waals surface area (Å²) in [4.78, 5) is 30.7. The van der Waals surface area contributed by atoms with Crippen molar-refractivity contribution >= 4 is 52.7 Å². The van der Waals surface area contributed by atoms with Gasteiger partial charge in [0.25, 0.3) is 5.91 Å². The fourth-order valence-corrected chi connectivity index (χ4v) is 5.98. The van der Waals surface area contributed by atoms with E-state index in [1.54, 1.807) is 30.4 Å². The summed E-state index contributed by atoms with van der Waals surface area (Å²) in [5, 5.41) is 0. The molecule has 26 heavy (non-hydrogen) atoms. The van der Waals surface area contributed by atoms with Crippen LogP contribution in [-0.4, -0.2) is 39.8 Å². The Kier molecular flexibility index (Phi) is 5.25. The van der Waals surface area contributed by atoms with Crippen LogP contribution in [0.15, 0.2) is 37.8 Å². The maximum absolute atomic E-state index is 12.9. The van der Waals surface area contributed by atoms with Crippen LogP contribution in [0, 0.1) is 0 Å². The van der Waals surface area contributed by atoms with Gasteiger partial charge >= 0.3 is 6.03 Å². The molecule has 3 amide bonds. The Bertz CT molecular complexity index is 812. The van der Waals surface area contributed by atoms with Gasteiger partial charge in [-0.05, 0) is 37.0 Å². The molecule has 3 rings (SSSR count). The van der Waals surface area contributed by atoms with Crippen LogP contribution >= 0.6 is 35.7 Å². The van der Waals surface area contributed by atoms with Gasteiger partial charge in [0.2, 0.25) is 0 Å². The summed E-state index contributed by atoms with van der Waals surface area (Å²) in [7, 11) is 0. The van der Waals surface area contributed by atoms with Gasteiger partial charge < -0.3 is 0 Å². The van der Waals surface area contributed by atoms with E-state index < -0.39 is 0 Å². The van der Waals surface area contributed by atoms with Crippen molar-refractivity contribution in [3.05, 3.63) is 33.6 Å². The lowest BCUT2D eigenvalue weighted by molar-refractivity contribution is -0.124.